The third-order valence-electron chi connectivity index (χ3n) is 3.20. The van der Waals surface area contributed by atoms with E-state index < -0.39 is 0 Å². The van der Waals surface area contributed by atoms with Gasteiger partial charge in [0.1, 0.15) is 0 Å². The molecule has 0 saturated heterocycles. The van der Waals surface area contributed by atoms with E-state index in [9.17, 15) is 0 Å². The van der Waals surface area contributed by atoms with Gasteiger partial charge in [0.2, 0.25) is 0 Å². The third kappa shape index (κ3) is 10.2. The summed E-state index contributed by atoms with van der Waals surface area (Å²) in [7, 11) is 1.80. The molecule has 0 heterocycles. The maximum Gasteiger partial charge on any atom is 0.0464 e. The van der Waals surface area contributed by atoms with Gasteiger partial charge in [-0.3, -0.25) is 0 Å². The lowest BCUT2D eigenvalue weighted by Gasteiger charge is -2.14. The molecule has 0 aromatic rings. The molecule has 0 bridgehead atoms. The summed E-state index contributed by atoms with van der Waals surface area (Å²) >= 11 is 0. The highest BCUT2D eigenvalue weighted by Crippen LogP contribution is 2.18. The molecule has 0 N–H and O–H groups in total. The molecular formula is C14H30O. The minimum atomic E-state index is 0.875. The van der Waals surface area contributed by atoms with Gasteiger partial charge in [0, 0.05) is 13.7 Å². The van der Waals surface area contributed by atoms with Crippen molar-refractivity contribution >= 4 is 0 Å². The van der Waals surface area contributed by atoms with E-state index in [1.54, 1.807) is 7.11 Å². The second-order valence-corrected chi connectivity index (χ2v) is 5.09. The van der Waals surface area contributed by atoms with Gasteiger partial charge < -0.3 is 4.74 Å². The predicted octanol–water partition coefficient (Wildman–Crippen LogP) is 4.66. The van der Waals surface area contributed by atoms with Crippen LogP contribution in [0.5, 0.6) is 0 Å². The Morgan fingerprint density at radius 1 is 0.933 bits per heavy atom. The van der Waals surface area contributed by atoms with Crippen LogP contribution < -0.4 is 0 Å². The van der Waals surface area contributed by atoms with Crippen molar-refractivity contribution in [2.24, 2.45) is 11.8 Å². The predicted molar refractivity (Wildman–Crippen MR) is 68.2 cm³/mol. The highest BCUT2D eigenvalue weighted by atomic mass is 16.5. The minimum absolute atomic E-state index is 0.875. The van der Waals surface area contributed by atoms with E-state index in [4.69, 9.17) is 4.74 Å². The van der Waals surface area contributed by atoms with Crippen LogP contribution in [-0.4, -0.2) is 13.7 Å². The average Bonchev–Trinajstić information content (AvgIpc) is 2.21. The summed E-state index contributed by atoms with van der Waals surface area (Å²) in [5.74, 6) is 1.77. The Bertz CT molecular complexity index is 121. The fourth-order valence-corrected chi connectivity index (χ4v) is 2.00. The standard InChI is InChI=1S/C14H30O/c1-5-14(11-12-15-4)10-8-6-7-9-13(2)3/h13-14H,5-12H2,1-4H3/t14-/m0/s1. The van der Waals surface area contributed by atoms with Crippen molar-refractivity contribution in [3.05, 3.63) is 0 Å². The van der Waals surface area contributed by atoms with Crippen LogP contribution in [0.15, 0.2) is 0 Å². The van der Waals surface area contributed by atoms with Crippen LogP contribution in [0.2, 0.25) is 0 Å². The maximum absolute atomic E-state index is 5.13. The Labute approximate surface area is 96.6 Å². The van der Waals surface area contributed by atoms with Gasteiger partial charge in [-0.25, -0.2) is 0 Å². The Balaban J connectivity index is 3.30. The summed E-state index contributed by atoms with van der Waals surface area (Å²) in [5, 5.41) is 0. The molecule has 15 heavy (non-hydrogen) atoms. The fourth-order valence-electron chi connectivity index (χ4n) is 2.00. The lowest BCUT2D eigenvalue weighted by molar-refractivity contribution is 0.173. The van der Waals surface area contributed by atoms with Gasteiger partial charge in [-0.05, 0) is 18.3 Å². The molecule has 0 unspecified atom stereocenters. The van der Waals surface area contributed by atoms with Crippen LogP contribution >= 0.6 is 0 Å². The van der Waals surface area contributed by atoms with E-state index >= 15 is 0 Å². The van der Waals surface area contributed by atoms with Crippen LogP contribution in [0.4, 0.5) is 0 Å². The highest BCUT2D eigenvalue weighted by Gasteiger charge is 2.05. The minimum Gasteiger partial charge on any atom is -0.385 e. The lowest BCUT2D eigenvalue weighted by Crippen LogP contribution is -2.03. The summed E-state index contributed by atoms with van der Waals surface area (Å²) in [6, 6.07) is 0. The molecule has 0 aromatic carbocycles. The Kier molecular flexibility index (Phi) is 10.4. The molecule has 92 valence electrons. The van der Waals surface area contributed by atoms with Crippen LogP contribution in [0.1, 0.15) is 65.7 Å². The number of ether oxygens (including phenoxy) is 1. The van der Waals surface area contributed by atoms with Crippen molar-refractivity contribution in [2.75, 3.05) is 13.7 Å². The molecular weight excluding hydrogens is 184 g/mol. The number of hydrogen-bond donors (Lipinski definition) is 0. The molecule has 0 aliphatic rings. The topological polar surface area (TPSA) is 9.23 Å². The van der Waals surface area contributed by atoms with Crippen LogP contribution in [0.3, 0.4) is 0 Å². The zero-order valence-corrected chi connectivity index (χ0v) is 11.2. The van der Waals surface area contributed by atoms with E-state index in [-0.39, 0.29) is 0 Å². The summed E-state index contributed by atoms with van der Waals surface area (Å²) in [4.78, 5) is 0. The number of methoxy groups -OCH3 is 1. The summed E-state index contributed by atoms with van der Waals surface area (Å²) in [6.45, 7) is 7.86. The number of hydrogen-bond acceptors (Lipinski definition) is 1. The first kappa shape index (κ1) is 15.0. The van der Waals surface area contributed by atoms with Crippen LogP contribution in [0.25, 0.3) is 0 Å². The highest BCUT2D eigenvalue weighted by molar-refractivity contribution is 4.58. The van der Waals surface area contributed by atoms with Gasteiger partial charge in [0.25, 0.3) is 0 Å². The first-order valence-corrected chi connectivity index (χ1v) is 6.69. The second-order valence-electron chi connectivity index (χ2n) is 5.09. The van der Waals surface area contributed by atoms with Crippen molar-refractivity contribution < 1.29 is 4.74 Å². The SMILES string of the molecule is CC[C@@H](CCCCCC(C)C)CCOC. The van der Waals surface area contributed by atoms with Crippen molar-refractivity contribution in [2.45, 2.75) is 65.7 Å². The molecule has 1 atom stereocenters. The summed E-state index contributed by atoms with van der Waals surface area (Å²) in [5.41, 5.74) is 0. The molecule has 0 aromatic heterocycles. The van der Waals surface area contributed by atoms with Crippen molar-refractivity contribution in [1.82, 2.24) is 0 Å². The molecule has 0 saturated carbocycles. The Morgan fingerprint density at radius 3 is 2.13 bits per heavy atom. The first-order chi connectivity index (χ1) is 7.20. The van der Waals surface area contributed by atoms with Gasteiger partial charge in [-0.15, -0.1) is 0 Å². The van der Waals surface area contributed by atoms with Gasteiger partial charge in [0.05, 0.1) is 0 Å². The Morgan fingerprint density at radius 2 is 1.60 bits per heavy atom. The molecule has 0 radical (unpaired) electrons. The monoisotopic (exact) mass is 214 g/mol. The van der Waals surface area contributed by atoms with Gasteiger partial charge in [-0.2, -0.15) is 0 Å². The number of unbranched alkanes of at least 4 members (excludes halogenated alkanes) is 2. The maximum atomic E-state index is 5.13. The molecule has 0 aliphatic carbocycles. The second kappa shape index (κ2) is 10.5. The van der Waals surface area contributed by atoms with Gasteiger partial charge in [-0.1, -0.05) is 59.3 Å². The molecule has 0 fully saturated rings. The zero-order chi connectivity index (χ0) is 11.5. The first-order valence-electron chi connectivity index (χ1n) is 6.69. The van der Waals surface area contributed by atoms with Gasteiger partial charge >= 0.3 is 0 Å². The average molecular weight is 214 g/mol. The lowest BCUT2D eigenvalue weighted by atomic mass is 9.94. The Hall–Kier alpha value is -0.0400. The largest absolute Gasteiger partial charge is 0.385 e. The van der Waals surface area contributed by atoms with Gasteiger partial charge in [0.15, 0.2) is 0 Å². The van der Waals surface area contributed by atoms with E-state index in [0.717, 1.165) is 18.4 Å². The molecule has 0 aliphatic heterocycles. The van der Waals surface area contributed by atoms with Crippen molar-refractivity contribution in [3.63, 3.8) is 0 Å². The number of rotatable bonds is 10. The smallest absolute Gasteiger partial charge is 0.0464 e. The van der Waals surface area contributed by atoms with E-state index in [1.165, 1.54) is 44.9 Å². The summed E-state index contributed by atoms with van der Waals surface area (Å²) in [6.07, 6.45) is 9.60. The van der Waals surface area contributed by atoms with Crippen molar-refractivity contribution in [1.29, 1.82) is 0 Å². The molecule has 1 heteroatoms. The van der Waals surface area contributed by atoms with E-state index in [2.05, 4.69) is 20.8 Å². The molecule has 1 nitrogen and oxygen atoms in total. The van der Waals surface area contributed by atoms with E-state index in [0.29, 0.717) is 0 Å². The van der Waals surface area contributed by atoms with Crippen LogP contribution in [-0.2, 0) is 4.74 Å². The van der Waals surface area contributed by atoms with E-state index in [1.807, 2.05) is 0 Å². The quantitative estimate of drug-likeness (QED) is 0.481. The summed E-state index contributed by atoms with van der Waals surface area (Å²) < 4.78 is 5.13. The third-order valence-corrected chi connectivity index (χ3v) is 3.20. The van der Waals surface area contributed by atoms with Crippen molar-refractivity contribution in [3.8, 4) is 0 Å². The zero-order valence-electron chi connectivity index (χ0n) is 11.2. The fraction of sp³-hybridized carbons (Fsp3) is 1.00. The normalized spacial score (nSPS) is 13.4. The molecule has 0 amide bonds. The molecule has 0 spiro atoms. The van der Waals surface area contributed by atoms with Crippen LogP contribution in [0, 0.1) is 11.8 Å². The molecule has 0 rings (SSSR count).